The maximum Gasteiger partial charge on any atom is 0.308 e. The number of nitrogens with zero attached hydrogens (tertiary/aromatic N) is 1. The molecule has 1 heterocycles. The van der Waals surface area contributed by atoms with Crippen molar-refractivity contribution in [1.82, 2.24) is 10.2 Å². The minimum Gasteiger partial charge on any atom is -0.497 e. The van der Waals surface area contributed by atoms with Crippen LogP contribution >= 0.6 is 0 Å². The Bertz CT molecular complexity index is 981. The first-order valence-corrected chi connectivity index (χ1v) is 12.1. The fourth-order valence-corrected chi connectivity index (χ4v) is 4.14. The van der Waals surface area contributed by atoms with Crippen molar-refractivity contribution < 1.29 is 28.6 Å². The van der Waals surface area contributed by atoms with Crippen molar-refractivity contribution >= 4 is 17.8 Å². The molecule has 0 spiro atoms. The van der Waals surface area contributed by atoms with Crippen LogP contribution in [0.25, 0.3) is 0 Å². The number of esters is 1. The van der Waals surface area contributed by atoms with Crippen LogP contribution in [0.2, 0.25) is 0 Å². The van der Waals surface area contributed by atoms with Gasteiger partial charge in [0.15, 0.2) is 0 Å². The molecule has 1 aliphatic rings. The van der Waals surface area contributed by atoms with Crippen molar-refractivity contribution in [2.24, 2.45) is 5.92 Å². The lowest BCUT2D eigenvalue weighted by Gasteiger charge is -2.33. The molecule has 2 amide bonds. The lowest BCUT2D eigenvalue weighted by molar-refractivity contribution is -0.144. The van der Waals surface area contributed by atoms with Gasteiger partial charge in [-0.15, -0.1) is 0 Å². The van der Waals surface area contributed by atoms with Gasteiger partial charge in [-0.05, 0) is 49.6 Å². The normalized spacial score (nSPS) is 16.2. The van der Waals surface area contributed by atoms with Gasteiger partial charge in [0.2, 0.25) is 11.8 Å². The minimum atomic E-state index is -0.554. The molecule has 1 saturated heterocycles. The summed E-state index contributed by atoms with van der Waals surface area (Å²) >= 11 is 0. The number of likely N-dealkylation sites (tertiary alicyclic amines) is 1. The third kappa shape index (κ3) is 8.02. The van der Waals surface area contributed by atoms with E-state index >= 15 is 0 Å². The van der Waals surface area contributed by atoms with Crippen LogP contribution in [0.1, 0.15) is 44.2 Å². The number of carbonyl (C=O) groups is 3. The number of ether oxygens (including phenoxy) is 3. The number of amides is 2. The maximum atomic E-state index is 13.2. The van der Waals surface area contributed by atoms with E-state index in [2.05, 4.69) is 5.32 Å². The van der Waals surface area contributed by atoms with Crippen LogP contribution in [0.4, 0.5) is 0 Å². The van der Waals surface area contributed by atoms with Crippen LogP contribution in [0, 0.1) is 5.92 Å². The van der Waals surface area contributed by atoms with Crippen molar-refractivity contribution in [2.75, 3.05) is 33.4 Å². The number of nitrogens with one attached hydrogen (secondary N) is 1. The number of methoxy groups -OCH3 is 1. The highest BCUT2D eigenvalue weighted by Gasteiger charge is 2.30. The summed E-state index contributed by atoms with van der Waals surface area (Å²) in [7, 11) is 1.57. The second-order valence-electron chi connectivity index (χ2n) is 8.44. The van der Waals surface area contributed by atoms with Crippen molar-refractivity contribution in [1.29, 1.82) is 0 Å². The van der Waals surface area contributed by atoms with E-state index in [1.807, 2.05) is 42.5 Å². The summed E-state index contributed by atoms with van der Waals surface area (Å²) < 4.78 is 16.0. The van der Waals surface area contributed by atoms with Crippen molar-refractivity contribution in [3.63, 3.8) is 0 Å². The monoisotopic (exact) mass is 482 g/mol. The summed E-state index contributed by atoms with van der Waals surface area (Å²) in [6.07, 6.45) is 1.68. The summed E-state index contributed by atoms with van der Waals surface area (Å²) in [5, 5.41) is 3.01. The van der Waals surface area contributed by atoms with Gasteiger partial charge in [-0.1, -0.05) is 30.3 Å². The second-order valence-corrected chi connectivity index (χ2v) is 8.44. The predicted molar refractivity (Wildman–Crippen MR) is 131 cm³/mol. The lowest BCUT2D eigenvalue weighted by atomic mass is 9.95. The third-order valence-corrected chi connectivity index (χ3v) is 5.96. The molecule has 2 atom stereocenters. The Hall–Kier alpha value is -3.55. The molecule has 0 aliphatic carbocycles. The number of piperidine rings is 1. The topological polar surface area (TPSA) is 94.2 Å². The van der Waals surface area contributed by atoms with Crippen LogP contribution in [-0.2, 0) is 19.1 Å². The van der Waals surface area contributed by atoms with Gasteiger partial charge in [0.25, 0.3) is 0 Å². The van der Waals surface area contributed by atoms with Crippen LogP contribution in [0.15, 0.2) is 54.6 Å². The Morgan fingerprint density at radius 1 is 1.09 bits per heavy atom. The molecule has 3 rings (SSSR count). The van der Waals surface area contributed by atoms with Gasteiger partial charge >= 0.3 is 5.97 Å². The first kappa shape index (κ1) is 26.1. The number of carbonyl (C=O) groups excluding carboxylic acids is 3. The van der Waals surface area contributed by atoms with Crippen LogP contribution in [0.5, 0.6) is 11.5 Å². The largest absolute Gasteiger partial charge is 0.497 e. The lowest BCUT2D eigenvalue weighted by Crippen LogP contribution is -2.46. The van der Waals surface area contributed by atoms with Gasteiger partial charge in [-0.2, -0.15) is 0 Å². The highest BCUT2D eigenvalue weighted by molar-refractivity contribution is 5.82. The van der Waals surface area contributed by atoms with Crippen LogP contribution in [-0.4, -0.2) is 56.1 Å². The summed E-state index contributed by atoms with van der Waals surface area (Å²) in [5.41, 5.74) is 0.757. The highest BCUT2D eigenvalue weighted by Crippen LogP contribution is 2.24. The Labute approximate surface area is 206 Å². The van der Waals surface area contributed by atoms with E-state index in [0.717, 1.165) is 17.7 Å². The number of para-hydroxylation sites is 1. The van der Waals surface area contributed by atoms with E-state index < -0.39 is 6.04 Å². The zero-order valence-electron chi connectivity index (χ0n) is 20.4. The van der Waals surface area contributed by atoms with E-state index in [1.54, 1.807) is 31.1 Å². The second kappa shape index (κ2) is 13.4. The van der Waals surface area contributed by atoms with Gasteiger partial charge < -0.3 is 24.4 Å². The van der Waals surface area contributed by atoms with E-state index in [0.29, 0.717) is 25.3 Å². The number of hydrogen-bond acceptors (Lipinski definition) is 6. The number of rotatable bonds is 11. The predicted octanol–water partition coefficient (Wildman–Crippen LogP) is 3.51. The van der Waals surface area contributed by atoms with Crippen LogP contribution in [0.3, 0.4) is 0 Å². The first-order valence-electron chi connectivity index (χ1n) is 12.1. The third-order valence-electron chi connectivity index (χ3n) is 5.96. The standard InChI is InChI=1S/C27H34N2O6/c1-3-34-26(31)18-24(20-9-7-13-23(17-20)33-2)28-27(32)21-10-8-15-29(19-21)25(30)14-16-35-22-11-5-4-6-12-22/h4-7,9,11-13,17,21,24H,3,8,10,14-16,18-19H2,1-2H3,(H,28,32). The molecule has 2 aromatic carbocycles. The molecule has 1 aliphatic heterocycles. The Balaban J connectivity index is 1.58. The molecule has 2 unspecified atom stereocenters. The fourth-order valence-electron chi connectivity index (χ4n) is 4.14. The Morgan fingerprint density at radius 2 is 1.86 bits per heavy atom. The molecule has 8 nitrogen and oxygen atoms in total. The van der Waals surface area contributed by atoms with Gasteiger partial charge in [0.1, 0.15) is 11.5 Å². The molecule has 1 N–H and O–H groups in total. The average Bonchev–Trinajstić information content (AvgIpc) is 2.89. The smallest absolute Gasteiger partial charge is 0.308 e. The minimum absolute atomic E-state index is 0.0128. The quantitative estimate of drug-likeness (QED) is 0.493. The summed E-state index contributed by atoms with van der Waals surface area (Å²) in [6, 6.07) is 16.1. The maximum absolute atomic E-state index is 13.2. The van der Waals surface area contributed by atoms with E-state index in [4.69, 9.17) is 14.2 Å². The molecular weight excluding hydrogens is 448 g/mol. The van der Waals surface area contributed by atoms with Crippen molar-refractivity contribution in [3.8, 4) is 11.5 Å². The number of benzene rings is 2. The molecule has 0 saturated carbocycles. The van der Waals surface area contributed by atoms with E-state index in [-0.39, 0.29) is 49.8 Å². The molecule has 2 aromatic rings. The SMILES string of the molecule is CCOC(=O)CC(NC(=O)C1CCCN(C(=O)CCOc2ccccc2)C1)c1cccc(OC)c1. The molecule has 188 valence electrons. The van der Waals surface area contributed by atoms with Gasteiger partial charge in [-0.25, -0.2) is 0 Å². The van der Waals surface area contributed by atoms with Gasteiger partial charge in [0, 0.05) is 13.1 Å². The molecule has 0 radical (unpaired) electrons. The van der Waals surface area contributed by atoms with Crippen molar-refractivity contribution in [2.45, 2.75) is 38.6 Å². The Kier molecular flexibility index (Phi) is 9.95. The first-order chi connectivity index (χ1) is 17.0. The van der Waals surface area contributed by atoms with Gasteiger partial charge in [-0.3, -0.25) is 14.4 Å². The molecule has 0 bridgehead atoms. The highest BCUT2D eigenvalue weighted by atomic mass is 16.5. The zero-order valence-corrected chi connectivity index (χ0v) is 20.4. The van der Waals surface area contributed by atoms with Crippen molar-refractivity contribution in [3.05, 3.63) is 60.2 Å². The molecular formula is C27H34N2O6. The fraction of sp³-hybridized carbons (Fsp3) is 0.444. The van der Waals surface area contributed by atoms with Gasteiger partial charge in [0.05, 0.1) is 45.1 Å². The molecule has 0 aromatic heterocycles. The molecule has 1 fully saturated rings. The Morgan fingerprint density at radius 3 is 2.60 bits per heavy atom. The number of hydrogen-bond donors (Lipinski definition) is 1. The van der Waals surface area contributed by atoms with E-state index in [9.17, 15) is 14.4 Å². The van der Waals surface area contributed by atoms with Crippen LogP contribution < -0.4 is 14.8 Å². The zero-order chi connectivity index (χ0) is 25.0. The summed E-state index contributed by atoms with van der Waals surface area (Å²) in [6.45, 7) is 3.27. The average molecular weight is 483 g/mol. The summed E-state index contributed by atoms with van der Waals surface area (Å²) in [5.74, 6) is 0.408. The molecule has 8 heteroatoms. The summed E-state index contributed by atoms with van der Waals surface area (Å²) in [4.78, 5) is 39.9. The van der Waals surface area contributed by atoms with E-state index in [1.165, 1.54) is 0 Å². The molecule has 35 heavy (non-hydrogen) atoms.